The van der Waals surface area contributed by atoms with Crippen molar-refractivity contribution in [2.75, 3.05) is 13.1 Å². The van der Waals surface area contributed by atoms with Crippen LogP contribution in [0.2, 0.25) is 0 Å². The van der Waals surface area contributed by atoms with Crippen molar-refractivity contribution < 1.29 is 19.2 Å². The molecular formula is C34H46N2O4. The fourth-order valence-corrected chi connectivity index (χ4v) is 6.19. The molecule has 0 radical (unpaired) electrons. The van der Waals surface area contributed by atoms with E-state index in [9.17, 15) is 19.2 Å². The molecule has 40 heavy (non-hydrogen) atoms. The van der Waals surface area contributed by atoms with Crippen LogP contribution in [0, 0.1) is 0 Å². The lowest BCUT2D eigenvalue weighted by Crippen LogP contribution is -2.43. The van der Waals surface area contributed by atoms with Gasteiger partial charge >= 0.3 is 0 Å². The Morgan fingerprint density at radius 1 is 0.400 bits per heavy atom. The first-order chi connectivity index (χ1) is 19.5. The Labute approximate surface area is 239 Å². The van der Waals surface area contributed by atoms with Crippen molar-refractivity contribution in [2.45, 2.75) is 117 Å². The van der Waals surface area contributed by atoms with Gasteiger partial charge in [-0.15, -0.1) is 0 Å². The van der Waals surface area contributed by atoms with Crippen molar-refractivity contribution in [3.05, 3.63) is 46.5 Å². The van der Waals surface area contributed by atoms with E-state index in [0.29, 0.717) is 46.1 Å². The molecule has 2 aliphatic heterocycles. The molecule has 6 nitrogen and oxygen atoms in total. The van der Waals surface area contributed by atoms with E-state index >= 15 is 0 Å². The Morgan fingerprint density at radius 3 is 0.925 bits per heavy atom. The molecule has 0 saturated carbocycles. The minimum absolute atomic E-state index is 0.328. The van der Waals surface area contributed by atoms with Crippen molar-refractivity contribution in [3.8, 4) is 0 Å². The first kappa shape index (κ1) is 30.0. The Hall–Kier alpha value is -3.02. The van der Waals surface area contributed by atoms with Gasteiger partial charge in [-0.3, -0.25) is 29.0 Å². The van der Waals surface area contributed by atoms with Crippen LogP contribution in [-0.2, 0) is 0 Å². The Bertz CT molecular complexity index is 1070. The zero-order valence-corrected chi connectivity index (χ0v) is 24.6. The second-order valence-corrected chi connectivity index (χ2v) is 11.5. The molecule has 2 heterocycles. The molecule has 2 aliphatic rings. The van der Waals surface area contributed by atoms with Gasteiger partial charge in [-0.1, -0.05) is 104 Å². The molecule has 0 unspecified atom stereocenters. The van der Waals surface area contributed by atoms with Crippen LogP contribution in [0.1, 0.15) is 158 Å². The monoisotopic (exact) mass is 546 g/mol. The van der Waals surface area contributed by atoms with Gasteiger partial charge in [0.2, 0.25) is 0 Å². The number of amides is 4. The summed E-state index contributed by atoms with van der Waals surface area (Å²) in [6.45, 7) is 5.20. The van der Waals surface area contributed by atoms with E-state index in [0.717, 1.165) is 38.5 Å². The highest BCUT2D eigenvalue weighted by Gasteiger charge is 2.39. The van der Waals surface area contributed by atoms with Gasteiger partial charge in [-0.2, -0.15) is 0 Å². The highest BCUT2D eigenvalue weighted by molar-refractivity contribution is 6.33. The van der Waals surface area contributed by atoms with Crippen LogP contribution in [0.3, 0.4) is 0 Å². The van der Waals surface area contributed by atoms with Crippen LogP contribution in [0.5, 0.6) is 0 Å². The third-order valence-electron chi connectivity index (χ3n) is 8.53. The largest absolute Gasteiger partial charge is 0.274 e. The number of imide groups is 2. The number of rotatable bonds is 18. The molecule has 216 valence electrons. The second kappa shape index (κ2) is 14.6. The van der Waals surface area contributed by atoms with E-state index in [-0.39, 0.29) is 23.6 Å². The molecule has 0 fully saturated rings. The summed E-state index contributed by atoms with van der Waals surface area (Å²) < 4.78 is 0. The fourth-order valence-electron chi connectivity index (χ4n) is 6.19. The summed E-state index contributed by atoms with van der Waals surface area (Å²) in [7, 11) is 0. The number of carbonyl (C=O) groups excluding carboxylic acids is 4. The maximum Gasteiger partial charge on any atom is 0.261 e. The van der Waals surface area contributed by atoms with Crippen LogP contribution in [0.15, 0.2) is 24.3 Å². The molecule has 0 N–H and O–H groups in total. The third kappa shape index (κ3) is 6.47. The highest BCUT2D eigenvalue weighted by atomic mass is 16.2. The predicted octanol–water partition coefficient (Wildman–Crippen LogP) is 8.31. The summed E-state index contributed by atoms with van der Waals surface area (Å²) in [5.74, 6) is -1.31. The van der Waals surface area contributed by atoms with Crippen LogP contribution in [-0.4, -0.2) is 46.5 Å². The van der Waals surface area contributed by atoms with E-state index in [4.69, 9.17) is 0 Å². The molecule has 0 aliphatic carbocycles. The number of carbonyl (C=O) groups is 4. The lowest BCUT2D eigenvalue weighted by atomic mass is 9.86. The van der Waals surface area contributed by atoms with Gasteiger partial charge in [0.25, 0.3) is 23.6 Å². The molecule has 2 aromatic rings. The van der Waals surface area contributed by atoms with Crippen molar-refractivity contribution >= 4 is 34.4 Å². The van der Waals surface area contributed by atoms with Crippen molar-refractivity contribution in [3.63, 3.8) is 0 Å². The average Bonchev–Trinajstić information content (AvgIpc) is 2.96. The first-order valence-corrected chi connectivity index (χ1v) is 15.8. The SMILES string of the molecule is CCCCCCCCCCN1C(=O)c2ccc3c4c(ccc(c24)C1=O)C(=O)N(CCCCCCCCCC)C3=O. The summed E-state index contributed by atoms with van der Waals surface area (Å²) in [6, 6.07) is 6.68. The topological polar surface area (TPSA) is 74.8 Å². The van der Waals surface area contributed by atoms with Crippen molar-refractivity contribution in [2.24, 2.45) is 0 Å². The van der Waals surface area contributed by atoms with Crippen molar-refractivity contribution in [1.29, 1.82) is 0 Å². The maximum absolute atomic E-state index is 13.4. The molecule has 0 bridgehead atoms. The van der Waals surface area contributed by atoms with Gasteiger partial charge in [0.1, 0.15) is 0 Å². The fraction of sp³-hybridized carbons (Fsp3) is 0.588. The normalized spacial score (nSPS) is 14.7. The second-order valence-electron chi connectivity index (χ2n) is 11.5. The zero-order chi connectivity index (χ0) is 28.5. The van der Waals surface area contributed by atoms with Crippen LogP contribution >= 0.6 is 0 Å². The number of hydrogen-bond acceptors (Lipinski definition) is 4. The quantitative estimate of drug-likeness (QED) is 0.139. The molecule has 6 heteroatoms. The lowest BCUT2D eigenvalue weighted by molar-refractivity contribution is 0.0586. The molecule has 0 spiro atoms. The summed E-state index contributed by atoms with van der Waals surface area (Å²) in [4.78, 5) is 56.4. The van der Waals surface area contributed by atoms with E-state index < -0.39 is 0 Å². The van der Waals surface area contributed by atoms with Gasteiger partial charge < -0.3 is 0 Å². The van der Waals surface area contributed by atoms with Gasteiger partial charge in [-0.05, 0) is 37.1 Å². The molecule has 0 aromatic heterocycles. The van der Waals surface area contributed by atoms with Crippen LogP contribution in [0.4, 0.5) is 0 Å². The summed E-state index contributed by atoms with van der Waals surface area (Å²) in [5.41, 5.74) is 1.64. The summed E-state index contributed by atoms with van der Waals surface area (Å²) in [5, 5.41) is 0.927. The molecule has 0 saturated heterocycles. The summed E-state index contributed by atoms with van der Waals surface area (Å²) in [6.07, 6.45) is 18.2. The third-order valence-corrected chi connectivity index (χ3v) is 8.53. The Morgan fingerprint density at radius 2 is 0.650 bits per heavy atom. The lowest BCUT2D eigenvalue weighted by Gasteiger charge is -2.32. The highest BCUT2D eigenvalue weighted by Crippen LogP contribution is 2.38. The van der Waals surface area contributed by atoms with Gasteiger partial charge in [0, 0.05) is 46.1 Å². The van der Waals surface area contributed by atoms with E-state index in [2.05, 4.69) is 13.8 Å². The number of benzene rings is 2. The predicted molar refractivity (Wildman–Crippen MR) is 160 cm³/mol. The standard InChI is InChI=1S/C34H46N2O4/c1-3-5-7-9-11-13-15-17-23-35-31(37)25-19-21-27-30-28(22-20-26(29(25)30)32(35)38)34(40)36(33(27)39)24-18-16-14-12-10-8-6-4-2/h19-22H,3-18,23-24H2,1-2H3. The van der Waals surface area contributed by atoms with Gasteiger partial charge in [-0.25, -0.2) is 0 Å². The van der Waals surface area contributed by atoms with E-state index in [1.54, 1.807) is 24.3 Å². The Balaban J connectivity index is 1.41. The van der Waals surface area contributed by atoms with Crippen LogP contribution < -0.4 is 0 Å². The number of hydrogen-bond donors (Lipinski definition) is 0. The van der Waals surface area contributed by atoms with Gasteiger partial charge in [0.05, 0.1) is 0 Å². The minimum atomic E-state index is -0.328. The molecule has 4 amide bonds. The molecule has 2 aromatic carbocycles. The maximum atomic E-state index is 13.4. The van der Waals surface area contributed by atoms with Gasteiger partial charge in [0.15, 0.2) is 0 Å². The average molecular weight is 547 g/mol. The Kier molecular flexibility index (Phi) is 10.9. The smallest absolute Gasteiger partial charge is 0.261 e. The van der Waals surface area contributed by atoms with Crippen molar-refractivity contribution in [1.82, 2.24) is 9.80 Å². The molecule has 0 atom stereocenters. The number of unbranched alkanes of at least 4 members (excludes halogenated alkanes) is 14. The summed E-state index contributed by atoms with van der Waals surface area (Å²) >= 11 is 0. The molecular weight excluding hydrogens is 500 g/mol. The minimum Gasteiger partial charge on any atom is -0.274 e. The first-order valence-electron chi connectivity index (χ1n) is 15.8. The number of nitrogens with zero attached hydrogens (tertiary/aromatic N) is 2. The van der Waals surface area contributed by atoms with E-state index in [1.165, 1.54) is 74.0 Å². The van der Waals surface area contributed by atoms with E-state index in [1.807, 2.05) is 0 Å². The van der Waals surface area contributed by atoms with Crippen LogP contribution in [0.25, 0.3) is 10.8 Å². The zero-order valence-electron chi connectivity index (χ0n) is 24.6. The molecule has 4 rings (SSSR count).